The van der Waals surface area contributed by atoms with Gasteiger partial charge in [-0.25, -0.2) is 9.44 Å². The Labute approximate surface area is 109 Å². The van der Waals surface area contributed by atoms with Crippen molar-refractivity contribution < 1.29 is 18.3 Å². The first-order valence-electron chi connectivity index (χ1n) is 6.37. The van der Waals surface area contributed by atoms with Crippen molar-refractivity contribution in [2.24, 2.45) is 5.92 Å². The number of hydrogen-bond donors (Lipinski definition) is 3. The van der Waals surface area contributed by atoms with Gasteiger partial charge in [-0.15, -0.1) is 0 Å². The Morgan fingerprint density at radius 3 is 2.33 bits per heavy atom. The van der Waals surface area contributed by atoms with Gasteiger partial charge in [0.05, 0.1) is 0 Å². The van der Waals surface area contributed by atoms with E-state index in [1.807, 2.05) is 6.92 Å². The Morgan fingerprint density at radius 2 is 1.83 bits per heavy atom. The zero-order valence-corrected chi connectivity index (χ0v) is 11.9. The number of carbonyl (C=O) groups is 1. The van der Waals surface area contributed by atoms with Gasteiger partial charge in [0.15, 0.2) is 0 Å². The molecule has 0 bridgehead atoms. The molecule has 6 nitrogen and oxygen atoms in total. The van der Waals surface area contributed by atoms with E-state index in [0.29, 0.717) is 25.9 Å². The maximum absolute atomic E-state index is 11.3. The molecule has 1 atom stereocenters. The van der Waals surface area contributed by atoms with Crippen LogP contribution in [0, 0.1) is 5.92 Å². The van der Waals surface area contributed by atoms with Crippen molar-refractivity contribution >= 4 is 16.2 Å². The molecule has 0 saturated carbocycles. The fraction of sp³-hybridized carbons (Fsp3) is 0.909. The predicted molar refractivity (Wildman–Crippen MR) is 70.5 cm³/mol. The van der Waals surface area contributed by atoms with Crippen molar-refractivity contribution in [1.29, 1.82) is 0 Å². The highest BCUT2D eigenvalue weighted by Crippen LogP contribution is 2.17. The molecule has 0 spiro atoms. The third-order valence-corrected chi connectivity index (χ3v) is 3.90. The van der Waals surface area contributed by atoms with Crippen LogP contribution in [0.15, 0.2) is 0 Å². The molecule has 1 unspecified atom stereocenters. The van der Waals surface area contributed by atoms with Crippen LogP contribution in [0.4, 0.5) is 0 Å². The Bertz CT molecular complexity index is 330. The molecule has 0 aliphatic heterocycles. The van der Waals surface area contributed by atoms with E-state index in [1.165, 1.54) is 0 Å². The molecule has 18 heavy (non-hydrogen) atoms. The summed E-state index contributed by atoms with van der Waals surface area (Å²) in [5, 5.41) is 8.63. The molecule has 0 aliphatic rings. The van der Waals surface area contributed by atoms with Crippen LogP contribution in [-0.2, 0) is 15.0 Å². The Balaban J connectivity index is 3.99. The lowest BCUT2D eigenvalue weighted by Gasteiger charge is -2.15. The van der Waals surface area contributed by atoms with Gasteiger partial charge < -0.3 is 5.11 Å². The molecule has 0 radical (unpaired) electrons. The molecule has 0 aliphatic carbocycles. The predicted octanol–water partition coefficient (Wildman–Crippen LogP) is 1.10. The van der Waals surface area contributed by atoms with E-state index in [1.54, 1.807) is 6.92 Å². The molecular weight excluding hydrogens is 256 g/mol. The molecule has 0 aromatic rings. The van der Waals surface area contributed by atoms with Gasteiger partial charge in [-0.1, -0.05) is 26.7 Å². The molecule has 0 aromatic heterocycles. The largest absolute Gasteiger partial charge is 0.481 e. The number of carboxylic acids is 1. The highest BCUT2D eigenvalue weighted by Gasteiger charge is 2.12. The Kier molecular flexibility index (Phi) is 8.95. The van der Waals surface area contributed by atoms with Gasteiger partial charge in [0.1, 0.15) is 0 Å². The van der Waals surface area contributed by atoms with Gasteiger partial charge in [-0.3, -0.25) is 4.79 Å². The van der Waals surface area contributed by atoms with Gasteiger partial charge in [0.25, 0.3) is 10.2 Å². The number of carboxylic acid groups (broad SMARTS) is 1. The van der Waals surface area contributed by atoms with Crippen LogP contribution < -0.4 is 9.44 Å². The van der Waals surface area contributed by atoms with Crippen molar-refractivity contribution in [3.8, 4) is 0 Å². The van der Waals surface area contributed by atoms with E-state index in [0.717, 1.165) is 12.8 Å². The summed E-state index contributed by atoms with van der Waals surface area (Å²) in [5.74, 6) is -0.542. The maximum Gasteiger partial charge on any atom is 0.303 e. The van der Waals surface area contributed by atoms with Gasteiger partial charge in [0.2, 0.25) is 0 Å². The summed E-state index contributed by atoms with van der Waals surface area (Å²) < 4.78 is 27.4. The summed E-state index contributed by atoms with van der Waals surface area (Å²) in [4.78, 5) is 10.5. The highest BCUT2D eigenvalue weighted by molar-refractivity contribution is 7.87. The second kappa shape index (κ2) is 9.29. The van der Waals surface area contributed by atoms with E-state index in [9.17, 15) is 13.2 Å². The first-order valence-corrected chi connectivity index (χ1v) is 7.85. The lowest BCUT2D eigenvalue weighted by atomic mass is 9.95. The minimum absolute atomic E-state index is 0.143. The van der Waals surface area contributed by atoms with Crippen LogP contribution >= 0.6 is 0 Å². The lowest BCUT2D eigenvalue weighted by Crippen LogP contribution is -2.37. The SMILES string of the molecule is CCCC(CCNS(=O)(=O)NCC)CCC(=O)O. The van der Waals surface area contributed by atoms with Crippen LogP contribution in [0.3, 0.4) is 0 Å². The fourth-order valence-electron chi connectivity index (χ4n) is 1.81. The van der Waals surface area contributed by atoms with Crippen molar-refractivity contribution in [2.45, 2.75) is 46.0 Å². The van der Waals surface area contributed by atoms with Crippen molar-refractivity contribution in [2.75, 3.05) is 13.1 Å². The van der Waals surface area contributed by atoms with E-state index in [4.69, 9.17) is 5.11 Å². The van der Waals surface area contributed by atoms with E-state index < -0.39 is 16.2 Å². The summed E-state index contributed by atoms with van der Waals surface area (Å²) in [6.07, 6.45) is 3.32. The summed E-state index contributed by atoms with van der Waals surface area (Å²) in [6, 6.07) is 0. The molecule has 0 fully saturated rings. The van der Waals surface area contributed by atoms with Crippen molar-refractivity contribution in [3.05, 3.63) is 0 Å². The van der Waals surface area contributed by atoms with Gasteiger partial charge in [-0.05, 0) is 18.8 Å². The van der Waals surface area contributed by atoms with Crippen molar-refractivity contribution in [1.82, 2.24) is 9.44 Å². The average Bonchev–Trinajstić information content (AvgIpc) is 2.25. The third-order valence-electron chi connectivity index (χ3n) is 2.64. The van der Waals surface area contributed by atoms with Crippen LogP contribution in [-0.4, -0.2) is 32.6 Å². The van der Waals surface area contributed by atoms with Crippen LogP contribution in [0.1, 0.15) is 46.0 Å². The lowest BCUT2D eigenvalue weighted by molar-refractivity contribution is -0.137. The number of rotatable bonds is 11. The highest BCUT2D eigenvalue weighted by atomic mass is 32.2. The molecule has 7 heteroatoms. The minimum atomic E-state index is -3.39. The number of nitrogens with one attached hydrogen (secondary N) is 2. The minimum Gasteiger partial charge on any atom is -0.481 e. The van der Waals surface area contributed by atoms with Gasteiger partial charge in [-0.2, -0.15) is 8.42 Å². The van der Waals surface area contributed by atoms with Crippen LogP contribution in [0.5, 0.6) is 0 Å². The molecule has 0 rings (SSSR count). The van der Waals surface area contributed by atoms with Gasteiger partial charge >= 0.3 is 5.97 Å². The Hall–Kier alpha value is -0.660. The number of aliphatic carboxylic acids is 1. The van der Waals surface area contributed by atoms with Crippen molar-refractivity contribution in [3.63, 3.8) is 0 Å². The molecule has 108 valence electrons. The van der Waals surface area contributed by atoms with Crippen LogP contribution in [0.25, 0.3) is 0 Å². The topological polar surface area (TPSA) is 95.5 Å². The first kappa shape index (κ1) is 17.3. The summed E-state index contributed by atoms with van der Waals surface area (Å²) in [5.41, 5.74) is 0. The van der Waals surface area contributed by atoms with E-state index in [2.05, 4.69) is 9.44 Å². The number of hydrogen-bond acceptors (Lipinski definition) is 3. The monoisotopic (exact) mass is 280 g/mol. The molecule has 3 N–H and O–H groups in total. The first-order chi connectivity index (χ1) is 8.41. The van der Waals surface area contributed by atoms with E-state index in [-0.39, 0.29) is 12.3 Å². The van der Waals surface area contributed by atoms with Gasteiger partial charge in [0, 0.05) is 19.5 Å². The standard InChI is InChI=1S/C11H24N2O4S/c1-3-5-10(6-7-11(14)15)8-9-13-18(16,17)12-4-2/h10,12-13H,3-9H2,1-2H3,(H,14,15). The molecule has 0 amide bonds. The zero-order chi connectivity index (χ0) is 14.0. The zero-order valence-electron chi connectivity index (χ0n) is 11.1. The summed E-state index contributed by atoms with van der Waals surface area (Å²) in [6.45, 7) is 4.45. The summed E-state index contributed by atoms with van der Waals surface area (Å²) in [7, 11) is -3.39. The molecular formula is C11H24N2O4S. The second-order valence-electron chi connectivity index (χ2n) is 4.27. The second-order valence-corrected chi connectivity index (χ2v) is 5.86. The molecule has 0 saturated heterocycles. The van der Waals surface area contributed by atoms with Crippen LogP contribution in [0.2, 0.25) is 0 Å². The summed E-state index contributed by atoms with van der Waals surface area (Å²) >= 11 is 0. The Morgan fingerprint density at radius 1 is 1.17 bits per heavy atom. The third kappa shape index (κ3) is 9.38. The normalized spacial score (nSPS) is 13.4. The quantitative estimate of drug-likeness (QED) is 0.528. The maximum atomic E-state index is 11.3. The van der Waals surface area contributed by atoms with E-state index >= 15 is 0 Å². The fourth-order valence-corrected chi connectivity index (χ4v) is 2.68. The molecule has 0 heterocycles. The average molecular weight is 280 g/mol. The molecule has 0 aromatic carbocycles. The smallest absolute Gasteiger partial charge is 0.303 e.